The number of nitrogens with zero attached hydrogens (tertiary/aromatic N) is 3. The number of nitrogen functional groups attached to an aromatic ring is 1. The largest absolute Gasteiger partial charge is 0.480 e. The first-order chi connectivity index (χ1) is 18.8. The van der Waals surface area contributed by atoms with E-state index in [0.29, 0.717) is 31.0 Å². The number of H-pyrrole nitrogens is 1. The highest BCUT2D eigenvalue weighted by Crippen LogP contribution is 2.12. The third-order valence-corrected chi connectivity index (χ3v) is 5.39. The molecule has 0 saturated carbocycles. The van der Waals surface area contributed by atoms with E-state index in [0.717, 1.165) is 0 Å². The standard InChI is InChI=1S/C24H30N8O7/c25-24-31-20-19(22(36)32-24)29-16(13-28-20)12-27-15-4-2-14(3-5-15)21(35)30-17(23(37)38)6-7-18(34)26-8-1-10-39-11-9-33/h2-5,13,17,27,33H,1,6-12H2,(H,26,34)(H,30,35)(H,37,38)(H3,25,28,31,32,36)/t17-/m1/s1. The van der Waals surface area contributed by atoms with Crippen LogP contribution in [0.15, 0.2) is 35.3 Å². The van der Waals surface area contributed by atoms with E-state index in [1.54, 1.807) is 12.1 Å². The van der Waals surface area contributed by atoms with Gasteiger partial charge in [-0.3, -0.25) is 19.4 Å². The number of benzene rings is 1. The Balaban J connectivity index is 1.47. The number of nitrogens with one attached hydrogen (secondary N) is 4. The molecule has 1 aromatic carbocycles. The van der Waals surface area contributed by atoms with Gasteiger partial charge in [-0.05, 0) is 37.1 Å². The number of aromatic amines is 1. The van der Waals surface area contributed by atoms with Gasteiger partial charge in [-0.25, -0.2) is 14.8 Å². The Bertz CT molecular complexity index is 1350. The van der Waals surface area contributed by atoms with Gasteiger partial charge in [-0.15, -0.1) is 0 Å². The number of anilines is 2. The van der Waals surface area contributed by atoms with Crippen LogP contribution in [0.1, 0.15) is 35.3 Å². The Morgan fingerprint density at radius 2 is 1.90 bits per heavy atom. The van der Waals surface area contributed by atoms with E-state index in [4.69, 9.17) is 15.6 Å². The third-order valence-electron chi connectivity index (χ3n) is 5.39. The summed E-state index contributed by atoms with van der Waals surface area (Å²) in [4.78, 5) is 62.8. The SMILES string of the molecule is Nc1nc2ncc(CNc3ccc(C(=O)N[C@H](CCC(=O)NCCCOCCO)C(=O)O)cc3)nc2c(=O)[nH]1. The first kappa shape index (κ1) is 28.9. The smallest absolute Gasteiger partial charge is 0.326 e. The van der Waals surface area contributed by atoms with Gasteiger partial charge in [0.05, 0.1) is 31.6 Å². The number of aromatic nitrogens is 4. The van der Waals surface area contributed by atoms with Crippen molar-refractivity contribution in [2.24, 2.45) is 0 Å². The molecular weight excluding hydrogens is 512 g/mol. The number of amides is 2. The fourth-order valence-corrected chi connectivity index (χ4v) is 3.42. The van der Waals surface area contributed by atoms with Gasteiger partial charge in [-0.1, -0.05) is 0 Å². The molecule has 0 fully saturated rings. The lowest BCUT2D eigenvalue weighted by molar-refractivity contribution is -0.139. The zero-order chi connectivity index (χ0) is 28.2. The molecule has 3 rings (SSSR count). The average Bonchev–Trinajstić information content (AvgIpc) is 2.91. The molecule has 0 saturated heterocycles. The Kier molecular flexibility index (Phi) is 10.6. The highest BCUT2D eigenvalue weighted by molar-refractivity contribution is 5.97. The molecule has 208 valence electrons. The number of hydrogen-bond donors (Lipinski definition) is 7. The van der Waals surface area contributed by atoms with Crippen LogP contribution in [-0.4, -0.2) is 80.3 Å². The lowest BCUT2D eigenvalue weighted by Crippen LogP contribution is -2.41. The highest BCUT2D eigenvalue weighted by atomic mass is 16.5. The number of carbonyl (C=O) groups excluding carboxylic acids is 2. The zero-order valence-electron chi connectivity index (χ0n) is 21.0. The predicted molar refractivity (Wildman–Crippen MR) is 140 cm³/mol. The summed E-state index contributed by atoms with van der Waals surface area (Å²) < 4.78 is 5.09. The quantitative estimate of drug-likeness (QED) is 0.119. The molecule has 0 aliphatic heterocycles. The van der Waals surface area contributed by atoms with Gasteiger partial charge in [0.15, 0.2) is 11.2 Å². The minimum atomic E-state index is -1.25. The molecule has 0 bridgehead atoms. The normalized spacial score (nSPS) is 11.6. The lowest BCUT2D eigenvalue weighted by Gasteiger charge is -2.15. The summed E-state index contributed by atoms with van der Waals surface area (Å²) in [7, 11) is 0. The maximum Gasteiger partial charge on any atom is 0.326 e. The van der Waals surface area contributed by atoms with E-state index >= 15 is 0 Å². The number of rotatable bonds is 15. The molecule has 2 aromatic heterocycles. The van der Waals surface area contributed by atoms with E-state index < -0.39 is 23.5 Å². The summed E-state index contributed by atoms with van der Waals surface area (Å²) in [6, 6.07) is 5.06. The minimum Gasteiger partial charge on any atom is -0.480 e. The van der Waals surface area contributed by atoms with Crippen molar-refractivity contribution < 1.29 is 29.3 Å². The Labute approximate surface area is 222 Å². The number of ether oxygens (including phenoxy) is 1. The van der Waals surface area contributed by atoms with Gasteiger partial charge in [-0.2, -0.15) is 4.98 Å². The van der Waals surface area contributed by atoms with E-state index in [2.05, 4.69) is 35.9 Å². The summed E-state index contributed by atoms with van der Waals surface area (Å²) in [5.74, 6) is -2.24. The molecule has 0 radical (unpaired) electrons. The van der Waals surface area contributed by atoms with Gasteiger partial charge in [0, 0.05) is 30.8 Å². The number of fused-ring (bicyclic) bond motifs is 1. The predicted octanol–water partition coefficient (Wildman–Crippen LogP) is -0.614. The lowest BCUT2D eigenvalue weighted by atomic mass is 10.1. The minimum absolute atomic E-state index is 0.0509. The maximum absolute atomic E-state index is 12.6. The van der Waals surface area contributed by atoms with Crippen LogP contribution in [0.4, 0.5) is 11.6 Å². The second kappa shape index (κ2) is 14.3. The van der Waals surface area contributed by atoms with Crippen LogP contribution >= 0.6 is 0 Å². The molecule has 0 aliphatic rings. The Hall–Kier alpha value is -4.63. The number of aliphatic hydroxyl groups is 1. The number of carboxylic acid groups (broad SMARTS) is 1. The van der Waals surface area contributed by atoms with Crippen LogP contribution in [0.25, 0.3) is 11.2 Å². The molecule has 1 atom stereocenters. The molecule has 0 spiro atoms. The van der Waals surface area contributed by atoms with Crippen LogP contribution in [0.2, 0.25) is 0 Å². The molecule has 8 N–H and O–H groups in total. The van der Waals surface area contributed by atoms with Crippen molar-refractivity contribution in [3.8, 4) is 0 Å². The van der Waals surface area contributed by atoms with Crippen molar-refractivity contribution >= 4 is 40.6 Å². The van der Waals surface area contributed by atoms with Crippen LogP contribution in [-0.2, 0) is 20.9 Å². The number of aliphatic carboxylic acids is 1. The molecule has 0 aliphatic carbocycles. The second-order valence-electron chi connectivity index (χ2n) is 8.36. The van der Waals surface area contributed by atoms with Crippen molar-refractivity contribution in [1.29, 1.82) is 0 Å². The monoisotopic (exact) mass is 542 g/mol. The first-order valence-electron chi connectivity index (χ1n) is 12.1. The third kappa shape index (κ3) is 9.01. The van der Waals surface area contributed by atoms with Crippen LogP contribution in [0.5, 0.6) is 0 Å². The van der Waals surface area contributed by atoms with Crippen molar-refractivity contribution in [2.75, 3.05) is 37.4 Å². The van der Waals surface area contributed by atoms with Gasteiger partial charge in [0.25, 0.3) is 11.5 Å². The molecule has 39 heavy (non-hydrogen) atoms. The van der Waals surface area contributed by atoms with Gasteiger partial charge >= 0.3 is 5.97 Å². The Morgan fingerprint density at radius 3 is 2.62 bits per heavy atom. The molecular formula is C24H30N8O7. The van der Waals surface area contributed by atoms with Crippen LogP contribution in [0, 0.1) is 0 Å². The average molecular weight is 543 g/mol. The van der Waals surface area contributed by atoms with Crippen molar-refractivity contribution in [3.63, 3.8) is 0 Å². The highest BCUT2D eigenvalue weighted by Gasteiger charge is 2.21. The number of aliphatic hydroxyl groups excluding tert-OH is 1. The summed E-state index contributed by atoms with van der Waals surface area (Å²) in [6.45, 7) is 1.13. The molecule has 15 nitrogen and oxygen atoms in total. The van der Waals surface area contributed by atoms with Crippen LogP contribution < -0.4 is 27.2 Å². The fourth-order valence-electron chi connectivity index (χ4n) is 3.42. The fraction of sp³-hybridized carbons (Fsp3) is 0.375. The number of nitrogens with two attached hydrogens (primary N) is 1. The number of hydrogen-bond acceptors (Lipinski definition) is 11. The molecule has 0 unspecified atom stereocenters. The van der Waals surface area contributed by atoms with E-state index in [1.807, 2.05) is 0 Å². The van der Waals surface area contributed by atoms with Gasteiger partial charge in [0.2, 0.25) is 11.9 Å². The van der Waals surface area contributed by atoms with E-state index in [1.165, 1.54) is 18.3 Å². The molecule has 3 aromatic rings. The second-order valence-corrected chi connectivity index (χ2v) is 8.36. The summed E-state index contributed by atoms with van der Waals surface area (Å²) in [5.41, 5.74) is 6.56. The van der Waals surface area contributed by atoms with Crippen molar-refractivity contribution in [3.05, 3.63) is 52.1 Å². The van der Waals surface area contributed by atoms with Crippen LogP contribution in [0.3, 0.4) is 0 Å². The van der Waals surface area contributed by atoms with Gasteiger partial charge < -0.3 is 36.6 Å². The molecule has 15 heteroatoms. The molecule has 2 heterocycles. The topological polar surface area (TPSA) is 235 Å². The van der Waals surface area contributed by atoms with E-state index in [-0.39, 0.29) is 61.2 Å². The number of carboxylic acids is 1. The summed E-state index contributed by atoms with van der Waals surface area (Å²) in [5, 5.41) is 26.3. The molecule has 2 amide bonds. The van der Waals surface area contributed by atoms with E-state index in [9.17, 15) is 24.3 Å². The number of carbonyl (C=O) groups is 3. The maximum atomic E-state index is 12.6. The van der Waals surface area contributed by atoms with Crippen molar-refractivity contribution in [2.45, 2.75) is 31.8 Å². The summed E-state index contributed by atoms with van der Waals surface area (Å²) >= 11 is 0. The summed E-state index contributed by atoms with van der Waals surface area (Å²) in [6.07, 6.45) is 1.86. The Morgan fingerprint density at radius 1 is 1.13 bits per heavy atom. The van der Waals surface area contributed by atoms with Crippen molar-refractivity contribution in [1.82, 2.24) is 30.6 Å². The van der Waals surface area contributed by atoms with Gasteiger partial charge in [0.1, 0.15) is 6.04 Å². The zero-order valence-corrected chi connectivity index (χ0v) is 21.0. The first-order valence-corrected chi connectivity index (χ1v) is 12.1.